The number of nitrogens with zero attached hydrogens (tertiary/aromatic N) is 2. The molecule has 190 valence electrons. The fourth-order valence-corrected chi connectivity index (χ4v) is 4.38. The molecule has 0 saturated heterocycles. The normalized spacial score (nSPS) is 13.3. The molecule has 0 aliphatic carbocycles. The zero-order chi connectivity index (χ0) is 26.7. The van der Waals surface area contributed by atoms with Gasteiger partial charge < -0.3 is 0 Å². The number of alkyl halides is 6. The van der Waals surface area contributed by atoms with Gasteiger partial charge >= 0.3 is 12.4 Å². The van der Waals surface area contributed by atoms with Gasteiger partial charge in [-0.15, -0.1) is 0 Å². The molecule has 14 heteroatoms. The third kappa shape index (κ3) is 7.03. The lowest BCUT2D eigenvalue weighted by Crippen LogP contribution is -2.32. The van der Waals surface area contributed by atoms with Gasteiger partial charge in [0.15, 0.2) is 0 Å². The number of hydrazine groups is 1. The highest BCUT2D eigenvalue weighted by atomic mass is 79.9. The topological polar surface area (TPSA) is 66.9 Å². The molecule has 0 radical (unpaired) electrons. The van der Waals surface area contributed by atoms with Crippen LogP contribution in [-0.4, -0.2) is 22.1 Å². The number of aromatic nitrogens is 2. The van der Waals surface area contributed by atoms with Gasteiger partial charge in [0.25, 0.3) is 5.91 Å². The van der Waals surface area contributed by atoms with Crippen molar-refractivity contribution in [3.63, 3.8) is 0 Å². The highest BCUT2D eigenvalue weighted by molar-refractivity contribution is 9.11. The van der Waals surface area contributed by atoms with E-state index in [0.717, 1.165) is 18.2 Å². The van der Waals surface area contributed by atoms with Crippen LogP contribution in [0.2, 0.25) is 0 Å². The van der Waals surface area contributed by atoms with Gasteiger partial charge in [-0.1, -0.05) is 37.9 Å². The summed E-state index contributed by atoms with van der Waals surface area (Å²) in [6.07, 6.45) is -7.26. The lowest BCUT2D eigenvalue weighted by atomic mass is 9.95. The smallest absolute Gasteiger partial charge is 0.267 e. The zero-order valence-corrected chi connectivity index (χ0v) is 20.7. The number of allylic oxidation sites excluding steroid dienone is 1. The van der Waals surface area contributed by atoms with E-state index in [-0.39, 0.29) is 32.6 Å². The van der Waals surface area contributed by atoms with Crippen molar-refractivity contribution in [2.45, 2.75) is 18.3 Å². The number of amides is 1. The first-order valence-corrected chi connectivity index (χ1v) is 11.3. The summed E-state index contributed by atoms with van der Waals surface area (Å²) in [4.78, 5) is 19.8. The summed E-state index contributed by atoms with van der Waals surface area (Å²) in [6.45, 7) is 0. The molecule has 5 nitrogen and oxygen atoms in total. The maximum absolute atomic E-state index is 14.9. The van der Waals surface area contributed by atoms with Gasteiger partial charge in [-0.2, -0.15) is 26.3 Å². The number of carbonyl (C=O) groups is 1. The van der Waals surface area contributed by atoms with Crippen molar-refractivity contribution >= 4 is 49.5 Å². The second kappa shape index (κ2) is 10.9. The van der Waals surface area contributed by atoms with Gasteiger partial charge in [0.1, 0.15) is 11.7 Å². The third-order valence-corrected chi connectivity index (χ3v) is 5.52. The zero-order valence-electron chi connectivity index (χ0n) is 17.6. The molecule has 1 aromatic heterocycles. The molecule has 0 aliphatic heterocycles. The number of carbonyl (C=O) groups excluding carboxylic acids is 1. The molecule has 0 saturated carbocycles. The van der Waals surface area contributed by atoms with E-state index in [0.29, 0.717) is 6.07 Å². The van der Waals surface area contributed by atoms with Crippen molar-refractivity contribution in [1.82, 2.24) is 15.4 Å². The van der Waals surface area contributed by atoms with Gasteiger partial charge in [-0.25, -0.2) is 14.4 Å². The minimum atomic E-state index is -5.12. The lowest BCUT2D eigenvalue weighted by Gasteiger charge is -2.19. The Morgan fingerprint density at radius 1 is 0.944 bits per heavy atom. The third-order valence-electron chi connectivity index (χ3n) is 4.61. The monoisotopic (exact) mass is 640 g/mol. The number of hydrogen-bond acceptors (Lipinski definition) is 4. The summed E-state index contributed by atoms with van der Waals surface area (Å²) < 4.78 is 97.6. The van der Waals surface area contributed by atoms with E-state index < -0.39 is 46.7 Å². The van der Waals surface area contributed by atoms with E-state index in [1.807, 2.05) is 5.43 Å². The molecule has 2 aromatic carbocycles. The lowest BCUT2D eigenvalue weighted by molar-refractivity contribution is -0.140. The predicted molar refractivity (Wildman–Crippen MR) is 124 cm³/mol. The van der Waals surface area contributed by atoms with Crippen LogP contribution in [0.4, 0.5) is 36.7 Å². The van der Waals surface area contributed by atoms with Crippen LogP contribution in [-0.2, 0) is 6.18 Å². The van der Waals surface area contributed by atoms with Gasteiger partial charge in [0.05, 0.1) is 11.1 Å². The first kappa shape index (κ1) is 27.6. The van der Waals surface area contributed by atoms with Crippen LogP contribution in [0, 0.1) is 0 Å². The maximum Gasteiger partial charge on any atom is 0.417 e. The Hall–Kier alpha value is -3.00. The number of rotatable bonds is 6. The Bertz CT molecular complexity index is 1260. The van der Waals surface area contributed by atoms with E-state index in [9.17, 15) is 35.5 Å². The Balaban J connectivity index is 1.97. The Kier molecular flexibility index (Phi) is 8.39. The van der Waals surface area contributed by atoms with Gasteiger partial charge in [0.2, 0.25) is 5.95 Å². The molecule has 0 aliphatic rings. The van der Waals surface area contributed by atoms with Gasteiger partial charge in [-0.3, -0.25) is 15.6 Å². The van der Waals surface area contributed by atoms with Crippen molar-refractivity contribution in [3.05, 3.63) is 92.1 Å². The fourth-order valence-electron chi connectivity index (χ4n) is 3.05. The molecule has 1 heterocycles. The highest BCUT2D eigenvalue weighted by Gasteiger charge is 2.40. The second-order valence-corrected chi connectivity index (χ2v) is 8.98. The SMILES string of the molecule is O=C(NNc1ncccn1)c1ccc(/C(F)=C/C(c2cc(Br)cc(Br)c2)C(F)(F)F)cc1C(F)(F)F. The molecule has 1 amide bonds. The van der Waals surface area contributed by atoms with E-state index in [2.05, 4.69) is 47.3 Å². The number of halogens is 9. The van der Waals surface area contributed by atoms with E-state index in [1.54, 1.807) is 0 Å². The van der Waals surface area contributed by atoms with E-state index in [4.69, 9.17) is 0 Å². The highest BCUT2D eigenvalue weighted by Crippen LogP contribution is 2.41. The Morgan fingerprint density at radius 3 is 2.11 bits per heavy atom. The molecule has 2 N–H and O–H groups in total. The molecule has 0 spiro atoms. The van der Waals surface area contributed by atoms with Crippen LogP contribution in [0.5, 0.6) is 0 Å². The molecular weight excluding hydrogens is 629 g/mol. The Morgan fingerprint density at radius 2 is 1.56 bits per heavy atom. The quantitative estimate of drug-likeness (QED) is 0.217. The summed E-state index contributed by atoms with van der Waals surface area (Å²) in [5.74, 6) is -5.37. The molecule has 1 atom stereocenters. The summed E-state index contributed by atoms with van der Waals surface area (Å²) in [5, 5.41) is 0. The number of hydrogen-bond donors (Lipinski definition) is 2. The van der Waals surface area contributed by atoms with Crippen LogP contribution >= 0.6 is 31.9 Å². The number of anilines is 1. The van der Waals surface area contributed by atoms with Crippen molar-refractivity contribution < 1.29 is 35.5 Å². The van der Waals surface area contributed by atoms with Crippen molar-refractivity contribution in [2.75, 3.05) is 5.43 Å². The van der Waals surface area contributed by atoms with Gasteiger partial charge in [-0.05, 0) is 48.0 Å². The summed E-state index contributed by atoms with van der Waals surface area (Å²) in [7, 11) is 0. The number of nitrogens with one attached hydrogen (secondary N) is 2. The predicted octanol–water partition coefficient (Wildman–Crippen LogP) is 7.43. The molecule has 3 rings (SSSR count). The second-order valence-electron chi connectivity index (χ2n) is 7.15. The van der Waals surface area contributed by atoms with Crippen molar-refractivity contribution in [2.24, 2.45) is 0 Å². The standard InChI is InChI=1S/C22H13Br2F7N4O/c23-13-6-12(7-14(24)9-13)16(21(26,27)28)10-18(25)11-2-3-15(17(8-11)22(29,30)31)19(36)34-35-20-32-4-1-5-33-20/h1-10,16H,(H,34,36)(H,32,33,35)/b18-10-. The average molecular weight is 642 g/mol. The van der Waals surface area contributed by atoms with E-state index in [1.165, 1.54) is 24.5 Å². The summed E-state index contributed by atoms with van der Waals surface area (Å²) in [6, 6.07) is 6.87. The average Bonchev–Trinajstić information content (AvgIpc) is 2.79. The minimum Gasteiger partial charge on any atom is -0.267 e. The van der Waals surface area contributed by atoms with Crippen molar-refractivity contribution in [1.29, 1.82) is 0 Å². The molecule has 1 unspecified atom stereocenters. The molecule has 0 bridgehead atoms. The maximum atomic E-state index is 14.9. The van der Waals surface area contributed by atoms with Crippen LogP contribution in [0.15, 0.2) is 69.9 Å². The van der Waals surface area contributed by atoms with E-state index >= 15 is 0 Å². The first-order chi connectivity index (χ1) is 16.8. The molecular formula is C22H13Br2F7N4O. The largest absolute Gasteiger partial charge is 0.417 e. The van der Waals surface area contributed by atoms with Crippen LogP contribution in [0.25, 0.3) is 5.83 Å². The molecule has 3 aromatic rings. The van der Waals surface area contributed by atoms with Gasteiger partial charge in [0, 0.05) is 26.9 Å². The summed E-state index contributed by atoms with van der Waals surface area (Å²) >= 11 is 6.10. The van der Waals surface area contributed by atoms with Crippen LogP contribution < -0.4 is 10.9 Å². The fraction of sp³-hybridized carbons (Fsp3) is 0.136. The first-order valence-electron chi connectivity index (χ1n) is 9.70. The van der Waals surface area contributed by atoms with Crippen molar-refractivity contribution in [3.8, 4) is 0 Å². The summed E-state index contributed by atoms with van der Waals surface area (Å²) in [5.41, 5.74) is 0.617. The minimum absolute atomic E-state index is 0.109. The Labute approximate surface area is 216 Å². The molecule has 36 heavy (non-hydrogen) atoms. The van der Waals surface area contributed by atoms with Crippen LogP contribution in [0.1, 0.15) is 33.0 Å². The molecule has 0 fully saturated rings. The number of benzene rings is 2. The van der Waals surface area contributed by atoms with Crippen LogP contribution in [0.3, 0.4) is 0 Å².